The van der Waals surface area contributed by atoms with E-state index in [1.165, 1.54) is 12.1 Å². The van der Waals surface area contributed by atoms with Crippen LogP contribution in [0, 0.1) is 12.7 Å². The molecule has 1 heterocycles. The van der Waals surface area contributed by atoms with Gasteiger partial charge in [0.1, 0.15) is 5.82 Å². The number of ether oxygens (including phenoxy) is 1. The van der Waals surface area contributed by atoms with Crippen LogP contribution in [0.2, 0.25) is 0 Å². The zero-order chi connectivity index (χ0) is 13.2. The van der Waals surface area contributed by atoms with Crippen molar-refractivity contribution in [2.75, 3.05) is 13.2 Å². The van der Waals surface area contributed by atoms with Crippen molar-refractivity contribution in [3.8, 4) is 0 Å². The van der Waals surface area contributed by atoms with Crippen LogP contribution >= 0.6 is 0 Å². The second-order valence-electron chi connectivity index (χ2n) is 5.13. The highest BCUT2D eigenvalue weighted by Crippen LogP contribution is 2.19. The van der Waals surface area contributed by atoms with Crippen molar-refractivity contribution < 1.29 is 13.9 Å². The highest BCUT2D eigenvalue weighted by Gasteiger charge is 2.29. The van der Waals surface area contributed by atoms with Crippen molar-refractivity contribution in [1.29, 1.82) is 0 Å². The second-order valence-corrected chi connectivity index (χ2v) is 5.13. The molecule has 0 radical (unpaired) electrons. The average Bonchev–Trinajstić information content (AvgIpc) is 2.33. The fraction of sp³-hybridized carbons (Fsp3) is 0.500. The molecule has 1 unspecified atom stereocenters. The van der Waals surface area contributed by atoms with E-state index in [4.69, 9.17) is 4.74 Å². The van der Waals surface area contributed by atoms with Gasteiger partial charge in [0.15, 0.2) is 0 Å². The summed E-state index contributed by atoms with van der Waals surface area (Å²) in [5.74, 6) is -0.468. The molecule has 0 aromatic heterocycles. The van der Waals surface area contributed by atoms with Gasteiger partial charge < -0.3 is 10.1 Å². The SMILES string of the molecule is Cc1cc(C(=O)NC2(C)CCCOC2)ccc1F. The van der Waals surface area contributed by atoms with Crippen LogP contribution < -0.4 is 5.32 Å². The fourth-order valence-electron chi connectivity index (χ4n) is 2.16. The van der Waals surface area contributed by atoms with Gasteiger partial charge >= 0.3 is 0 Å². The number of aryl methyl sites for hydroxylation is 1. The Labute approximate surface area is 106 Å². The minimum atomic E-state index is -0.322. The minimum Gasteiger partial charge on any atom is -0.379 e. The van der Waals surface area contributed by atoms with E-state index >= 15 is 0 Å². The van der Waals surface area contributed by atoms with Crippen LogP contribution in [-0.4, -0.2) is 24.7 Å². The van der Waals surface area contributed by atoms with E-state index in [2.05, 4.69) is 5.32 Å². The molecule has 1 N–H and O–H groups in total. The summed E-state index contributed by atoms with van der Waals surface area (Å²) in [5, 5.41) is 2.97. The van der Waals surface area contributed by atoms with E-state index in [-0.39, 0.29) is 17.3 Å². The number of nitrogens with one attached hydrogen (secondary N) is 1. The molecule has 1 aromatic rings. The first-order valence-electron chi connectivity index (χ1n) is 6.17. The molecular weight excluding hydrogens is 233 g/mol. The third-order valence-corrected chi connectivity index (χ3v) is 3.27. The van der Waals surface area contributed by atoms with Crippen LogP contribution in [0.5, 0.6) is 0 Å². The first-order chi connectivity index (χ1) is 8.50. The van der Waals surface area contributed by atoms with Crippen LogP contribution in [0.1, 0.15) is 35.7 Å². The molecule has 1 aliphatic rings. The van der Waals surface area contributed by atoms with Crippen molar-refractivity contribution in [3.63, 3.8) is 0 Å². The molecule has 0 spiro atoms. The molecule has 1 saturated heterocycles. The van der Waals surface area contributed by atoms with E-state index < -0.39 is 0 Å². The van der Waals surface area contributed by atoms with Crippen molar-refractivity contribution in [3.05, 3.63) is 35.1 Å². The lowest BCUT2D eigenvalue weighted by Crippen LogP contribution is -2.51. The highest BCUT2D eigenvalue weighted by atomic mass is 19.1. The summed E-state index contributed by atoms with van der Waals surface area (Å²) in [6.07, 6.45) is 1.85. The van der Waals surface area contributed by atoms with Crippen molar-refractivity contribution in [2.24, 2.45) is 0 Å². The zero-order valence-corrected chi connectivity index (χ0v) is 10.8. The summed E-state index contributed by atoms with van der Waals surface area (Å²) in [4.78, 5) is 12.1. The summed E-state index contributed by atoms with van der Waals surface area (Å²) in [6.45, 7) is 4.90. The first kappa shape index (κ1) is 13.0. The van der Waals surface area contributed by atoms with Gasteiger partial charge in [-0.3, -0.25) is 4.79 Å². The van der Waals surface area contributed by atoms with Crippen LogP contribution in [0.15, 0.2) is 18.2 Å². The summed E-state index contributed by atoms with van der Waals surface area (Å²) < 4.78 is 18.5. The van der Waals surface area contributed by atoms with Gasteiger partial charge in [-0.05, 0) is 50.5 Å². The minimum absolute atomic E-state index is 0.175. The van der Waals surface area contributed by atoms with Gasteiger partial charge in [0.2, 0.25) is 0 Å². The van der Waals surface area contributed by atoms with Gasteiger partial charge in [0.25, 0.3) is 5.91 Å². The molecule has 1 aliphatic heterocycles. The monoisotopic (exact) mass is 251 g/mol. The molecule has 0 bridgehead atoms. The Morgan fingerprint density at radius 2 is 2.28 bits per heavy atom. The smallest absolute Gasteiger partial charge is 0.251 e. The number of carbonyl (C=O) groups is 1. The maximum atomic E-state index is 13.1. The molecule has 1 amide bonds. The maximum absolute atomic E-state index is 13.1. The Morgan fingerprint density at radius 1 is 1.50 bits per heavy atom. The predicted octanol–water partition coefficient (Wildman–Crippen LogP) is 2.43. The second kappa shape index (κ2) is 5.06. The number of amides is 1. The number of halogens is 1. The van der Waals surface area contributed by atoms with Crippen LogP contribution in [0.25, 0.3) is 0 Å². The normalized spacial score (nSPS) is 23.7. The Bertz CT molecular complexity index is 453. The third-order valence-electron chi connectivity index (χ3n) is 3.27. The summed E-state index contributed by atoms with van der Waals surface area (Å²) in [7, 11) is 0. The highest BCUT2D eigenvalue weighted by molar-refractivity contribution is 5.94. The Hall–Kier alpha value is -1.42. The number of hydrogen-bond acceptors (Lipinski definition) is 2. The third kappa shape index (κ3) is 2.88. The van der Waals surface area contributed by atoms with Gasteiger partial charge in [-0.15, -0.1) is 0 Å². The van der Waals surface area contributed by atoms with Crippen LogP contribution in [-0.2, 0) is 4.74 Å². The molecule has 4 heteroatoms. The van der Waals surface area contributed by atoms with E-state index in [9.17, 15) is 9.18 Å². The van der Waals surface area contributed by atoms with E-state index in [0.717, 1.165) is 19.4 Å². The van der Waals surface area contributed by atoms with Gasteiger partial charge in [-0.2, -0.15) is 0 Å². The van der Waals surface area contributed by atoms with Crippen LogP contribution in [0.3, 0.4) is 0 Å². The van der Waals surface area contributed by atoms with E-state index in [1.54, 1.807) is 13.0 Å². The van der Waals surface area contributed by atoms with Gasteiger partial charge in [-0.25, -0.2) is 4.39 Å². The number of hydrogen-bond donors (Lipinski definition) is 1. The zero-order valence-electron chi connectivity index (χ0n) is 10.8. The molecule has 98 valence electrons. The van der Waals surface area contributed by atoms with E-state index in [0.29, 0.717) is 17.7 Å². The van der Waals surface area contributed by atoms with Gasteiger partial charge in [-0.1, -0.05) is 0 Å². The number of rotatable bonds is 2. The molecule has 18 heavy (non-hydrogen) atoms. The largest absolute Gasteiger partial charge is 0.379 e. The van der Waals surface area contributed by atoms with Gasteiger partial charge in [0.05, 0.1) is 12.1 Å². The molecular formula is C14H18FNO2. The quantitative estimate of drug-likeness (QED) is 0.876. The van der Waals surface area contributed by atoms with Crippen molar-refractivity contribution in [1.82, 2.24) is 5.32 Å². The molecule has 2 rings (SSSR count). The molecule has 1 atom stereocenters. The Kier molecular flexibility index (Phi) is 3.66. The summed E-state index contributed by atoms with van der Waals surface area (Å²) >= 11 is 0. The predicted molar refractivity (Wildman–Crippen MR) is 67.1 cm³/mol. The van der Waals surface area contributed by atoms with E-state index in [1.807, 2.05) is 6.92 Å². The summed E-state index contributed by atoms with van der Waals surface area (Å²) in [6, 6.07) is 4.40. The van der Waals surface area contributed by atoms with Crippen molar-refractivity contribution in [2.45, 2.75) is 32.2 Å². The standard InChI is InChI=1S/C14H18FNO2/c1-10-8-11(4-5-12(10)15)13(17)16-14(2)6-3-7-18-9-14/h4-5,8H,3,6-7,9H2,1-2H3,(H,16,17). The number of benzene rings is 1. The lowest BCUT2D eigenvalue weighted by Gasteiger charge is -2.34. The molecule has 3 nitrogen and oxygen atoms in total. The molecule has 1 fully saturated rings. The maximum Gasteiger partial charge on any atom is 0.251 e. The topological polar surface area (TPSA) is 38.3 Å². The van der Waals surface area contributed by atoms with Crippen molar-refractivity contribution >= 4 is 5.91 Å². The molecule has 1 aromatic carbocycles. The first-order valence-corrected chi connectivity index (χ1v) is 6.17. The average molecular weight is 251 g/mol. The van der Waals surface area contributed by atoms with Gasteiger partial charge in [0, 0.05) is 12.2 Å². The Balaban J connectivity index is 2.09. The number of carbonyl (C=O) groups excluding carboxylic acids is 1. The molecule has 0 saturated carbocycles. The summed E-state index contributed by atoms with van der Waals surface area (Å²) in [5.41, 5.74) is 0.644. The van der Waals surface area contributed by atoms with Crippen LogP contribution in [0.4, 0.5) is 4.39 Å². The lowest BCUT2D eigenvalue weighted by molar-refractivity contribution is 0.0272. The molecule has 0 aliphatic carbocycles. The fourth-order valence-corrected chi connectivity index (χ4v) is 2.16. The Morgan fingerprint density at radius 3 is 2.89 bits per heavy atom. The lowest BCUT2D eigenvalue weighted by atomic mass is 9.94.